The molecule has 7 aliphatic rings. The molecule has 4 saturated carbocycles. The van der Waals surface area contributed by atoms with E-state index in [0.29, 0.717) is 73.7 Å². The van der Waals surface area contributed by atoms with Crippen LogP contribution in [0.1, 0.15) is 111 Å². The number of hydrogen-bond acceptors (Lipinski definition) is 16. The fourth-order valence-electron chi connectivity index (χ4n) is 13.9. The van der Waals surface area contributed by atoms with Gasteiger partial charge in [-0.2, -0.15) is 8.42 Å². The molecule has 4 aliphatic carbocycles. The molecular formula is C48H69NO17S. The Kier molecular flexibility index (Phi) is 13.1. The second kappa shape index (κ2) is 17.1. The second-order valence-electron chi connectivity index (χ2n) is 21.1. The Balaban J connectivity index is 0.000000222. The summed E-state index contributed by atoms with van der Waals surface area (Å²) in [7, 11) is -3.14. The predicted molar refractivity (Wildman–Crippen MR) is 242 cm³/mol. The number of piperidine rings is 2. The highest BCUT2D eigenvalue weighted by Gasteiger charge is 2.88. The van der Waals surface area contributed by atoms with E-state index in [2.05, 4.69) is 11.8 Å². The Morgan fingerprint density at radius 3 is 2.21 bits per heavy atom. The van der Waals surface area contributed by atoms with E-state index in [1.165, 1.54) is 19.2 Å². The van der Waals surface area contributed by atoms with Crippen molar-refractivity contribution in [2.24, 2.45) is 29.1 Å². The molecule has 4 bridgehead atoms. The Labute approximate surface area is 390 Å². The molecule has 4 heterocycles. The summed E-state index contributed by atoms with van der Waals surface area (Å²) in [5.74, 6) is -3.14. The van der Waals surface area contributed by atoms with Gasteiger partial charge in [0.15, 0.2) is 11.5 Å². The third-order valence-corrected chi connectivity index (χ3v) is 17.2. The van der Waals surface area contributed by atoms with Gasteiger partial charge in [0.05, 0.1) is 18.8 Å². The summed E-state index contributed by atoms with van der Waals surface area (Å²) in [5.41, 5.74) is -6.89. The summed E-state index contributed by atoms with van der Waals surface area (Å²) in [6.07, 6.45) is 4.90. The number of aryl methyl sites for hydroxylation is 1. The number of nitrogens with zero attached hydrogens (tertiary/aromatic N) is 1. The maximum Gasteiger partial charge on any atom is 0.394 e. The lowest BCUT2D eigenvalue weighted by Gasteiger charge is -2.68. The van der Waals surface area contributed by atoms with Crippen LogP contribution in [0.5, 0.6) is 11.5 Å². The van der Waals surface area contributed by atoms with Gasteiger partial charge >= 0.3 is 16.4 Å². The van der Waals surface area contributed by atoms with Gasteiger partial charge in [-0.05, 0) is 92.4 Å². The predicted octanol–water partition coefficient (Wildman–Crippen LogP) is 3.66. The Morgan fingerprint density at radius 2 is 1.60 bits per heavy atom. The van der Waals surface area contributed by atoms with Crippen LogP contribution in [0, 0.1) is 36.0 Å². The molecule has 1 aromatic carbocycles. The molecule has 14 unspecified atom stereocenters. The normalized spacial score (nSPS) is 41.8. The van der Waals surface area contributed by atoms with E-state index in [9.17, 15) is 45.3 Å². The van der Waals surface area contributed by atoms with Gasteiger partial charge in [-0.3, -0.25) is 18.8 Å². The van der Waals surface area contributed by atoms with Gasteiger partial charge < -0.3 is 54.4 Å². The quantitative estimate of drug-likeness (QED) is 0.0894. The number of rotatable bonds is 5. The molecule has 9 N–H and O–H groups in total. The lowest BCUT2D eigenvalue weighted by atomic mass is 9.49. The van der Waals surface area contributed by atoms with Gasteiger partial charge in [-0.1, -0.05) is 31.6 Å². The van der Waals surface area contributed by atoms with E-state index in [1.54, 1.807) is 33.8 Å². The standard InChI is InChI=1S/C32H49NO9.C16H18O4.H2O4S/c1-6-18(3)25(35)41-24-11-12-26(4)19-8-9-20-28(37)13-23(34)31(39)21(29(28,38)16-30(20,26)42-32(19,24)40)15-33-14-17(2)7-10-22(33)27(31,5)36;1-9(2)5-6-11-14(19-4)8-13(18)15-12(17)7-10(3)20-16(11)15;1-5(2,3)4/h6,17,19-24,34,36-40H,7-16H2,1-5H3;5,7-8,18H,6H2,1-4H3;(H2,1,2,3,4). The van der Waals surface area contributed by atoms with Crippen LogP contribution in [0.4, 0.5) is 0 Å². The Bertz CT molecular complexity index is 2510. The minimum absolute atomic E-state index is 0.0606. The summed E-state index contributed by atoms with van der Waals surface area (Å²) >= 11 is 0. The van der Waals surface area contributed by atoms with Crippen LogP contribution >= 0.6 is 0 Å². The Hall–Kier alpha value is -3.47. The fourth-order valence-corrected chi connectivity index (χ4v) is 13.9. The molecule has 67 heavy (non-hydrogen) atoms. The zero-order valence-corrected chi connectivity index (χ0v) is 40.6. The number of aromatic hydroxyl groups is 1. The highest BCUT2D eigenvalue weighted by Crippen LogP contribution is 2.78. The second-order valence-corrected chi connectivity index (χ2v) is 22.0. The van der Waals surface area contributed by atoms with E-state index in [1.807, 2.05) is 26.8 Å². The van der Waals surface area contributed by atoms with Crippen LogP contribution in [-0.4, -0.2) is 136 Å². The number of methoxy groups -OCH3 is 1. The molecule has 3 aliphatic heterocycles. The van der Waals surface area contributed by atoms with Crippen molar-refractivity contribution >= 4 is 27.3 Å². The van der Waals surface area contributed by atoms with Crippen molar-refractivity contribution < 1.29 is 76.7 Å². The highest BCUT2D eigenvalue weighted by molar-refractivity contribution is 7.79. The average Bonchev–Trinajstić information content (AvgIpc) is 3.39. The maximum atomic E-state index is 12.9. The molecule has 2 aromatic rings. The molecule has 0 amide bonds. The molecule has 9 rings (SSSR count). The third kappa shape index (κ3) is 7.79. The number of aliphatic hydroxyl groups excluding tert-OH is 1. The minimum atomic E-state index is -4.67. The van der Waals surface area contributed by atoms with E-state index in [-0.39, 0.29) is 42.0 Å². The minimum Gasteiger partial charge on any atom is -0.507 e. The van der Waals surface area contributed by atoms with Crippen molar-refractivity contribution in [3.63, 3.8) is 0 Å². The molecule has 18 nitrogen and oxygen atoms in total. The van der Waals surface area contributed by atoms with E-state index >= 15 is 0 Å². The first-order chi connectivity index (χ1) is 30.9. The summed E-state index contributed by atoms with van der Waals surface area (Å²) < 4.78 is 55.2. The van der Waals surface area contributed by atoms with Crippen molar-refractivity contribution in [3.05, 3.63) is 57.0 Å². The van der Waals surface area contributed by atoms with Crippen molar-refractivity contribution in [2.45, 2.75) is 165 Å². The largest absolute Gasteiger partial charge is 0.507 e. The SMILES string of the molecule is CC=C(C)C(=O)OC1CCC2(C)C3CCC4C5(O)CC(O)C6(O)C(CN7CC(C)CCC7C6(C)O)C5(O)CC42OC13O.COc1cc(O)c2c(=O)cc(C)oc2c1CC=C(C)C.O=S(=O)(O)O. The molecular weight excluding hydrogens is 895 g/mol. The molecule has 0 radical (unpaired) electrons. The number of esters is 1. The summed E-state index contributed by atoms with van der Waals surface area (Å²) in [6.45, 7) is 15.8. The third-order valence-electron chi connectivity index (χ3n) is 17.2. The molecule has 19 heteroatoms. The molecule has 1 spiro atoms. The molecule has 374 valence electrons. The van der Waals surface area contributed by atoms with Crippen LogP contribution in [0.3, 0.4) is 0 Å². The van der Waals surface area contributed by atoms with Gasteiger partial charge in [0.25, 0.3) is 0 Å². The smallest absolute Gasteiger partial charge is 0.394 e. The van der Waals surface area contributed by atoms with Gasteiger partial charge in [-0.25, -0.2) is 4.79 Å². The van der Waals surface area contributed by atoms with Gasteiger partial charge in [0.1, 0.15) is 50.6 Å². The van der Waals surface area contributed by atoms with Gasteiger partial charge in [0, 0.05) is 78.4 Å². The number of fused-ring (bicyclic) bond motifs is 6. The number of carbonyl (C=O) groups excluding carboxylic acids is 1. The lowest BCUT2D eigenvalue weighted by Crippen LogP contribution is -2.85. The zero-order valence-electron chi connectivity index (χ0n) is 39.8. The molecule has 7 fully saturated rings. The zero-order chi connectivity index (χ0) is 49.8. The lowest BCUT2D eigenvalue weighted by molar-refractivity contribution is -0.354. The fraction of sp³-hybridized carbons (Fsp3) is 0.708. The van der Waals surface area contributed by atoms with E-state index in [4.69, 9.17) is 36.2 Å². The van der Waals surface area contributed by atoms with Crippen molar-refractivity contribution in [3.8, 4) is 11.5 Å². The van der Waals surface area contributed by atoms with Crippen LogP contribution in [0.15, 0.2) is 44.6 Å². The van der Waals surface area contributed by atoms with Crippen LogP contribution in [0.25, 0.3) is 11.0 Å². The van der Waals surface area contributed by atoms with E-state index in [0.717, 1.165) is 17.6 Å². The van der Waals surface area contributed by atoms with Crippen molar-refractivity contribution in [1.29, 1.82) is 0 Å². The monoisotopic (exact) mass is 963 g/mol. The number of hydrogen-bond donors (Lipinski definition) is 9. The molecule has 3 saturated heterocycles. The summed E-state index contributed by atoms with van der Waals surface area (Å²) in [5, 5.41) is 84.1. The topological polar surface area (TPSA) is 294 Å². The first kappa shape index (κ1) is 51.4. The van der Waals surface area contributed by atoms with Crippen molar-refractivity contribution in [2.75, 3.05) is 20.2 Å². The number of ether oxygens (including phenoxy) is 3. The van der Waals surface area contributed by atoms with Crippen molar-refractivity contribution in [1.82, 2.24) is 4.90 Å². The molecule has 14 atom stereocenters. The van der Waals surface area contributed by atoms with Crippen LogP contribution in [-0.2, 0) is 31.1 Å². The first-order valence-electron chi connectivity index (χ1n) is 23.1. The average molecular weight is 964 g/mol. The first-order valence-corrected chi connectivity index (χ1v) is 24.5. The maximum absolute atomic E-state index is 12.9. The number of phenolic OH excluding ortho intramolecular Hbond substituents is 1. The highest BCUT2D eigenvalue weighted by atomic mass is 32.3. The molecule has 1 aromatic heterocycles. The van der Waals surface area contributed by atoms with E-state index < -0.39 is 85.5 Å². The number of allylic oxidation sites excluding steroid dienone is 3. The number of benzene rings is 1. The number of aliphatic hydroxyl groups is 6. The van der Waals surface area contributed by atoms with Gasteiger partial charge in [0.2, 0.25) is 5.79 Å². The van der Waals surface area contributed by atoms with Gasteiger partial charge in [-0.15, -0.1) is 0 Å². The number of carbonyl (C=O) groups is 1. The summed E-state index contributed by atoms with van der Waals surface area (Å²) in [6, 6.07) is 2.45. The summed E-state index contributed by atoms with van der Waals surface area (Å²) in [4.78, 5) is 26.9. The van der Waals surface area contributed by atoms with Crippen LogP contribution in [0.2, 0.25) is 0 Å². The Morgan fingerprint density at radius 1 is 0.955 bits per heavy atom. The number of phenols is 1. The van der Waals surface area contributed by atoms with Crippen LogP contribution < -0.4 is 10.2 Å².